The second-order valence-electron chi connectivity index (χ2n) is 2.65. The molecular formula is C6H9O2. The number of ether oxygens (including phenoxy) is 1. The molecule has 0 aromatic heterocycles. The van der Waals surface area contributed by atoms with Crippen LogP contribution in [0.25, 0.3) is 0 Å². The van der Waals surface area contributed by atoms with Gasteiger partial charge in [0.2, 0.25) is 0 Å². The molecule has 8 heavy (non-hydrogen) atoms. The minimum Gasteiger partial charge on any atom is -0.372 e. The summed E-state index contributed by atoms with van der Waals surface area (Å²) in [5.41, 5.74) is 0. The molecule has 2 heterocycles. The Labute approximate surface area is 48.5 Å². The zero-order valence-electron chi connectivity index (χ0n) is 4.67. The second kappa shape index (κ2) is 1.45. The van der Waals surface area contributed by atoms with Crippen LogP contribution >= 0.6 is 0 Å². The van der Waals surface area contributed by atoms with Crippen molar-refractivity contribution in [3.05, 3.63) is 0 Å². The molecule has 2 nitrogen and oxygen atoms in total. The molecule has 3 atom stereocenters. The van der Waals surface area contributed by atoms with Crippen molar-refractivity contribution in [1.29, 1.82) is 0 Å². The molecule has 2 aliphatic heterocycles. The lowest BCUT2D eigenvalue weighted by molar-refractivity contribution is 0.0152. The molecule has 45 valence electrons. The van der Waals surface area contributed by atoms with Crippen LogP contribution in [-0.4, -0.2) is 18.3 Å². The Morgan fingerprint density at radius 1 is 1.38 bits per heavy atom. The van der Waals surface area contributed by atoms with Crippen LogP contribution in [0.15, 0.2) is 0 Å². The Balaban J connectivity index is 2.11. The first-order valence-corrected chi connectivity index (χ1v) is 3.17. The Kier molecular flexibility index (Phi) is 0.866. The predicted octanol–water partition coefficient (Wildman–Crippen LogP) is 0.737. The van der Waals surface area contributed by atoms with Gasteiger partial charge in [0.05, 0.1) is 12.2 Å². The van der Waals surface area contributed by atoms with Gasteiger partial charge in [-0.3, -0.25) is 0 Å². The lowest BCUT2D eigenvalue weighted by Gasteiger charge is -2.07. The van der Waals surface area contributed by atoms with Gasteiger partial charge in [0, 0.05) is 6.42 Å². The molecule has 1 radical (unpaired) electrons. The van der Waals surface area contributed by atoms with E-state index >= 15 is 0 Å². The number of hydrogen-bond acceptors (Lipinski definition) is 1. The highest BCUT2D eigenvalue weighted by Gasteiger charge is 2.40. The fourth-order valence-corrected chi connectivity index (χ4v) is 1.59. The molecule has 0 aromatic carbocycles. The van der Waals surface area contributed by atoms with E-state index in [1.807, 2.05) is 0 Å². The Morgan fingerprint density at radius 3 is 2.50 bits per heavy atom. The van der Waals surface area contributed by atoms with Gasteiger partial charge >= 0.3 is 0 Å². The highest BCUT2D eigenvalue weighted by Crippen LogP contribution is 2.34. The minimum atomic E-state index is -0.395. The topological polar surface area (TPSA) is 29.1 Å². The van der Waals surface area contributed by atoms with E-state index in [0.29, 0.717) is 6.10 Å². The van der Waals surface area contributed by atoms with Gasteiger partial charge in [0.25, 0.3) is 0 Å². The van der Waals surface area contributed by atoms with E-state index in [9.17, 15) is 5.11 Å². The van der Waals surface area contributed by atoms with E-state index in [0.717, 1.165) is 19.3 Å². The van der Waals surface area contributed by atoms with Crippen molar-refractivity contribution < 1.29 is 9.84 Å². The van der Waals surface area contributed by atoms with E-state index < -0.39 is 6.10 Å². The molecule has 2 saturated heterocycles. The third kappa shape index (κ3) is 0.501. The van der Waals surface area contributed by atoms with Crippen molar-refractivity contribution in [1.82, 2.24) is 0 Å². The summed E-state index contributed by atoms with van der Waals surface area (Å²) in [6, 6.07) is 0. The largest absolute Gasteiger partial charge is 0.372 e. The molecule has 2 heteroatoms. The van der Waals surface area contributed by atoms with Gasteiger partial charge in [-0.25, -0.2) is 5.11 Å². The zero-order chi connectivity index (χ0) is 5.56. The molecule has 0 amide bonds. The Bertz CT molecular complexity index is 101. The van der Waals surface area contributed by atoms with Gasteiger partial charge in [-0.2, -0.15) is 0 Å². The van der Waals surface area contributed by atoms with Crippen LogP contribution in [0.4, 0.5) is 0 Å². The van der Waals surface area contributed by atoms with Crippen molar-refractivity contribution >= 4 is 0 Å². The molecule has 3 unspecified atom stereocenters. The monoisotopic (exact) mass is 113 g/mol. The van der Waals surface area contributed by atoms with E-state index in [1.165, 1.54) is 0 Å². The zero-order valence-corrected chi connectivity index (χ0v) is 4.67. The van der Waals surface area contributed by atoms with E-state index in [-0.39, 0.29) is 6.10 Å². The van der Waals surface area contributed by atoms with Gasteiger partial charge in [0.15, 0.2) is 0 Å². The van der Waals surface area contributed by atoms with E-state index in [4.69, 9.17) is 4.74 Å². The molecule has 0 N–H and O–H groups in total. The third-order valence-electron chi connectivity index (χ3n) is 2.05. The van der Waals surface area contributed by atoms with Gasteiger partial charge in [0.1, 0.15) is 6.10 Å². The standard InChI is InChI=1S/C6H9O2/c7-5-3-4-1-2-6(5)8-4/h4-6H,1-3H2. The Morgan fingerprint density at radius 2 is 2.25 bits per heavy atom. The summed E-state index contributed by atoms with van der Waals surface area (Å²) in [6.07, 6.45) is 2.93. The van der Waals surface area contributed by atoms with Gasteiger partial charge in [-0.15, -0.1) is 0 Å². The molecule has 0 saturated carbocycles. The predicted molar refractivity (Wildman–Crippen MR) is 27.0 cm³/mol. The van der Waals surface area contributed by atoms with Gasteiger partial charge < -0.3 is 4.74 Å². The fourth-order valence-electron chi connectivity index (χ4n) is 1.59. The lowest BCUT2D eigenvalue weighted by atomic mass is 9.98. The van der Waals surface area contributed by atoms with Crippen molar-refractivity contribution in [2.75, 3.05) is 0 Å². The van der Waals surface area contributed by atoms with Crippen molar-refractivity contribution in [3.63, 3.8) is 0 Å². The summed E-state index contributed by atoms with van der Waals surface area (Å²) in [4.78, 5) is 0. The molecular weight excluding hydrogens is 104 g/mol. The summed E-state index contributed by atoms with van der Waals surface area (Å²) in [6.45, 7) is 0. The maximum absolute atomic E-state index is 10.8. The quantitative estimate of drug-likeness (QED) is 0.455. The van der Waals surface area contributed by atoms with Crippen LogP contribution < -0.4 is 0 Å². The van der Waals surface area contributed by atoms with Gasteiger partial charge in [-0.05, 0) is 12.8 Å². The number of rotatable bonds is 0. The molecule has 0 aliphatic carbocycles. The van der Waals surface area contributed by atoms with Crippen LogP contribution in [0.2, 0.25) is 0 Å². The van der Waals surface area contributed by atoms with Crippen LogP contribution in [0.1, 0.15) is 19.3 Å². The first-order valence-electron chi connectivity index (χ1n) is 3.17. The summed E-state index contributed by atoms with van der Waals surface area (Å²) in [5.74, 6) is 0. The van der Waals surface area contributed by atoms with Crippen LogP contribution in [-0.2, 0) is 9.84 Å². The van der Waals surface area contributed by atoms with Crippen molar-refractivity contribution in [3.8, 4) is 0 Å². The van der Waals surface area contributed by atoms with Gasteiger partial charge in [-0.1, -0.05) is 0 Å². The minimum absolute atomic E-state index is 0.0833. The van der Waals surface area contributed by atoms with Crippen LogP contribution in [0.5, 0.6) is 0 Å². The molecule has 2 bridgehead atoms. The average molecular weight is 113 g/mol. The normalized spacial score (nSPS) is 52.9. The third-order valence-corrected chi connectivity index (χ3v) is 2.05. The second-order valence-corrected chi connectivity index (χ2v) is 2.65. The van der Waals surface area contributed by atoms with Crippen LogP contribution in [0, 0.1) is 0 Å². The molecule has 2 aliphatic rings. The number of hydrogen-bond donors (Lipinski definition) is 0. The summed E-state index contributed by atoms with van der Waals surface area (Å²) in [7, 11) is 0. The highest BCUT2D eigenvalue weighted by molar-refractivity contribution is 4.88. The van der Waals surface area contributed by atoms with E-state index in [2.05, 4.69) is 0 Å². The van der Waals surface area contributed by atoms with E-state index in [1.54, 1.807) is 0 Å². The number of fused-ring (bicyclic) bond motifs is 2. The maximum atomic E-state index is 10.8. The summed E-state index contributed by atoms with van der Waals surface area (Å²) in [5, 5.41) is 10.8. The lowest BCUT2D eigenvalue weighted by Crippen LogP contribution is -2.19. The summed E-state index contributed by atoms with van der Waals surface area (Å²) >= 11 is 0. The highest BCUT2D eigenvalue weighted by atomic mass is 16.5. The molecule has 0 aromatic rings. The first kappa shape index (κ1) is 4.77. The smallest absolute Gasteiger partial charge is 0.121 e. The Hall–Kier alpha value is -0.0800. The van der Waals surface area contributed by atoms with Crippen molar-refractivity contribution in [2.45, 2.75) is 37.6 Å². The maximum Gasteiger partial charge on any atom is 0.121 e. The molecule has 2 rings (SSSR count). The van der Waals surface area contributed by atoms with Crippen molar-refractivity contribution in [2.24, 2.45) is 0 Å². The fraction of sp³-hybridized carbons (Fsp3) is 1.00. The summed E-state index contributed by atoms with van der Waals surface area (Å²) < 4.78 is 5.27. The molecule has 2 fully saturated rings. The SMILES string of the molecule is [O]C1CC2CCC1O2. The van der Waals surface area contributed by atoms with Crippen LogP contribution in [0.3, 0.4) is 0 Å². The first-order chi connectivity index (χ1) is 3.86. The molecule has 0 spiro atoms. The average Bonchev–Trinajstić information content (AvgIpc) is 2.23.